The van der Waals surface area contributed by atoms with Gasteiger partial charge in [-0.05, 0) is 44.6 Å². The molecule has 0 aromatic heterocycles. The lowest BCUT2D eigenvalue weighted by atomic mass is 10.3. The molecule has 0 atom stereocenters. The second-order valence-corrected chi connectivity index (χ2v) is 6.70. The Bertz CT molecular complexity index is 286. The Labute approximate surface area is 99.2 Å². The highest BCUT2D eigenvalue weighted by atomic mass is 32.2. The molecule has 1 saturated carbocycles. The number of nitrogens with zero attached hydrogens (tertiary/aromatic N) is 1. The van der Waals surface area contributed by atoms with E-state index in [1.807, 2.05) is 6.92 Å². The van der Waals surface area contributed by atoms with E-state index in [4.69, 9.17) is 5.73 Å². The third kappa shape index (κ3) is 4.80. The van der Waals surface area contributed by atoms with Crippen LogP contribution >= 0.6 is 0 Å². The molecule has 0 saturated heterocycles. The van der Waals surface area contributed by atoms with Crippen LogP contribution in [0.4, 0.5) is 0 Å². The minimum Gasteiger partial charge on any atom is -0.330 e. The molecule has 1 aliphatic carbocycles. The zero-order chi connectivity index (χ0) is 12.0. The average molecular weight is 248 g/mol. The van der Waals surface area contributed by atoms with Gasteiger partial charge in [0, 0.05) is 13.1 Å². The molecule has 5 heteroatoms. The first-order valence-electron chi connectivity index (χ1n) is 6.28. The fourth-order valence-corrected chi connectivity index (χ4v) is 3.47. The van der Waals surface area contributed by atoms with E-state index in [1.54, 1.807) is 4.31 Å². The molecule has 0 unspecified atom stereocenters. The number of unbranched alkanes of at least 4 members (excludes halogenated alkanes) is 1. The summed E-state index contributed by atoms with van der Waals surface area (Å²) in [5, 5.41) is 0. The Hall–Kier alpha value is -0.130. The largest absolute Gasteiger partial charge is 0.330 e. The van der Waals surface area contributed by atoms with E-state index < -0.39 is 10.0 Å². The Kier molecular flexibility index (Phi) is 5.72. The van der Waals surface area contributed by atoms with Gasteiger partial charge in [0.2, 0.25) is 10.0 Å². The van der Waals surface area contributed by atoms with Gasteiger partial charge in [0.15, 0.2) is 0 Å². The molecule has 96 valence electrons. The summed E-state index contributed by atoms with van der Waals surface area (Å²) in [6.07, 6.45) is 4.76. The number of nitrogens with two attached hydrogens (primary N) is 1. The maximum absolute atomic E-state index is 12.0. The molecular weight excluding hydrogens is 224 g/mol. The van der Waals surface area contributed by atoms with E-state index in [0.29, 0.717) is 25.4 Å². The van der Waals surface area contributed by atoms with Crippen LogP contribution in [0.5, 0.6) is 0 Å². The van der Waals surface area contributed by atoms with Crippen molar-refractivity contribution in [2.24, 2.45) is 11.7 Å². The van der Waals surface area contributed by atoms with Crippen molar-refractivity contribution in [3.8, 4) is 0 Å². The van der Waals surface area contributed by atoms with Crippen LogP contribution in [0.3, 0.4) is 0 Å². The van der Waals surface area contributed by atoms with Crippen LogP contribution in [0.15, 0.2) is 0 Å². The first kappa shape index (κ1) is 13.9. The van der Waals surface area contributed by atoms with Gasteiger partial charge in [-0.15, -0.1) is 0 Å². The number of hydrogen-bond donors (Lipinski definition) is 1. The second-order valence-electron chi connectivity index (χ2n) is 4.61. The van der Waals surface area contributed by atoms with Crippen molar-refractivity contribution in [2.45, 2.75) is 39.0 Å². The first-order chi connectivity index (χ1) is 7.60. The van der Waals surface area contributed by atoms with Crippen molar-refractivity contribution in [2.75, 3.05) is 25.4 Å². The van der Waals surface area contributed by atoms with Crippen molar-refractivity contribution in [3.05, 3.63) is 0 Å². The lowest BCUT2D eigenvalue weighted by molar-refractivity contribution is 0.395. The van der Waals surface area contributed by atoms with Gasteiger partial charge in [-0.25, -0.2) is 12.7 Å². The maximum Gasteiger partial charge on any atom is 0.214 e. The fraction of sp³-hybridized carbons (Fsp3) is 1.00. The number of rotatable bonds is 9. The van der Waals surface area contributed by atoms with Gasteiger partial charge in [-0.1, -0.05) is 6.92 Å². The number of sulfonamides is 1. The van der Waals surface area contributed by atoms with Crippen molar-refractivity contribution < 1.29 is 8.42 Å². The zero-order valence-electron chi connectivity index (χ0n) is 10.2. The van der Waals surface area contributed by atoms with Gasteiger partial charge >= 0.3 is 0 Å². The maximum atomic E-state index is 12.0. The fourth-order valence-electron chi connectivity index (χ4n) is 1.74. The molecule has 0 heterocycles. The van der Waals surface area contributed by atoms with E-state index >= 15 is 0 Å². The Balaban J connectivity index is 2.45. The van der Waals surface area contributed by atoms with Gasteiger partial charge in [0.25, 0.3) is 0 Å². The van der Waals surface area contributed by atoms with Crippen LogP contribution in [0.1, 0.15) is 39.0 Å². The van der Waals surface area contributed by atoms with Gasteiger partial charge in [0.05, 0.1) is 5.75 Å². The molecule has 2 N–H and O–H groups in total. The third-order valence-corrected chi connectivity index (χ3v) is 4.80. The van der Waals surface area contributed by atoms with Crippen LogP contribution in [-0.2, 0) is 10.0 Å². The summed E-state index contributed by atoms with van der Waals surface area (Å²) in [5.74, 6) is 0.882. The normalized spacial score (nSPS) is 16.9. The van der Waals surface area contributed by atoms with Crippen LogP contribution in [0, 0.1) is 5.92 Å². The first-order valence-corrected chi connectivity index (χ1v) is 7.89. The van der Waals surface area contributed by atoms with Crippen molar-refractivity contribution in [3.63, 3.8) is 0 Å². The van der Waals surface area contributed by atoms with Gasteiger partial charge < -0.3 is 5.73 Å². The molecule has 1 aliphatic rings. The highest BCUT2D eigenvalue weighted by Gasteiger charge is 2.29. The van der Waals surface area contributed by atoms with Gasteiger partial charge in [-0.2, -0.15) is 0 Å². The predicted molar refractivity (Wildman–Crippen MR) is 66.7 cm³/mol. The summed E-state index contributed by atoms with van der Waals surface area (Å²) in [6.45, 7) is 4.00. The lowest BCUT2D eigenvalue weighted by Crippen LogP contribution is -2.35. The third-order valence-electron chi connectivity index (χ3n) is 2.88. The summed E-state index contributed by atoms with van der Waals surface area (Å²) < 4.78 is 25.8. The number of hydrogen-bond acceptors (Lipinski definition) is 3. The molecule has 0 aliphatic heterocycles. The lowest BCUT2D eigenvalue weighted by Gasteiger charge is -2.21. The summed E-state index contributed by atoms with van der Waals surface area (Å²) in [7, 11) is -3.03. The Morgan fingerprint density at radius 2 is 2.00 bits per heavy atom. The molecule has 1 fully saturated rings. The van der Waals surface area contributed by atoms with Crippen LogP contribution in [0.25, 0.3) is 0 Å². The van der Waals surface area contributed by atoms with Crippen molar-refractivity contribution >= 4 is 10.0 Å². The minimum absolute atomic E-state index is 0.261. The molecular formula is C11H24N2O2S. The molecule has 0 aromatic carbocycles. The SMILES string of the molecule is CCCN(CC1CC1)S(=O)(=O)CCCCN. The summed E-state index contributed by atoms with van der Waals surface area (Å²) in [5.41, 5.74) is 5.37. The smallest absolute Gasteiger partial charge is 0.214 e. The topological polar surface area (TPSA) is 63.4 Å². The molecule has 4 nitrogen and oxygen atoms in total. The molecule has 1 rings (SSSR count). The van der Waals surface area contributed by atoms with Gasteiger partial charge in [-0.3, -0.25) is 0 Å². The van der Waals surface area contributed by atoms with Crippen molar-refractivity contribution in [1.29, 1.82) is 0 Å². The average Bonchev–Trinajstić information content (AvgIpc) is 3.01. The van der Waals surface area contributed by atoms with Crippen molar-refractivity contribution in [1.82, 2.24) is 4.31 Å². The molecule has 16 heavy (non-hydrogen) atoms. The van der Waals surface area contributed by atoms with Gasteiger partial charge in [0.1, 0.15) is 0 Å². The molecule has 0 spiro atoms. The van der Waals surface area contributed by atoms with E-state index in [-0.39, 0.29) is 5.75 Å². The van der Waals surface area contributed by atoms with E-state index in [9.17, 15) is 8.42 Å². The van der Waals surface area contributed by atoms with Crippen LogP contribution in [0.2, 0.25) is 0 Å². The molecule has 0 bridgehead atoms. The summed E-state index contributed by atoms with van der Waals surface area (Å²) >= 11 is 0. The highest BCUT2D eigenvalue weighted by Crippen LogP contribution is 2.30. The summed E-state index contributed by atoms with van der Waals surface area (Å²) in [4.78, 5) is 0. The molecule has 0 aromatic rings. The Morgan fingerprint density at radius 3 is 2.50 bits per heavy atom. The van der Waals surface area contributed by atoms with E-state index in [1.165, 1.54) is 12.8 Å². The van der Waals surface area contributed by atoms with Crippen LogP contribution in [-0.4, -0.2) is 38.1 Å². The van der Waals surface area contributed by atoms with E-state index in [0.717, 1.165) is 19.4 Å². The molecule has 0 amide bonds. The zero-order valence-corrected chi connectivity index (χ0v) is 11.0. The van der Waals surface area contributed by atoms with E-state index in [2.05, 4.69) is 0 Å². The predicted octanol–water partition coefficient (Wildman–Crippen LogP) is 1.18. The van der Waals surface area contributed by atoms with Crippen LogP contribution < -0.4 is 5.73 Å². The summed E-state index contributed by atoms with van der Waals surface area (Å²) in [6, 6.07) is 0. The standard InChI is InChI=1S/C11H24N2O2S/c1-2-8-13(10-11-5-6-11)16(14,15)9-4-3-7-12/h11H,2-10,12H2,1H3. The Morgan fingerprint density at radius 1 is 1.31 bits per heavy atom. The molecule has 0 radical (unpaired) electrons. The minimum atomic E-state index is -3.03. The second kappa shape index (κ2) is 6.57. The highest BCUT2D eigenvalue weighted by molar-refractivity contribution is 7.89. The monoisotopic (exact) mass is 248 g/mol. The quantitative estimate of drug-likeness (QED) is 0.623.